The molecule has 0 aliphatic carbocycles. The lowest BCUT2D eigenvalue weighted by atomic mass is 9.99. The van der Waals surface area contributed by atoms with Crippen molar-refractivity contribution in [2.24, 2.45) is 17.8 Å². The van der Waals surface area contributed by atoms with E-state index in [1.165, 1.54) is 276 Å². The molecule has 0 amide bonds. The highest BCUT2D eigenvalue weighted by molar-refractivity contribution is 7.47. The first-order valence-corrected chi connectivity index (χ1v) is 48.4. The largest absolute Gasteiger partial charge is 0.472 e. The Balaban J connectivity index is 5.26. The zero-order valence-corrected chi connectivity index (χ0v) is 72.4. The average Bonchev–Trinajstić information content (AvgIpc) is 0.902. The zero-order chi connectivity index (χ0) is 78.6. The molecule has 636 valence electrons. The Morgan fingerprint density at radius 3 is 0.710 bits per heavy atom. The second kappa shape index (κ2) is 78.0. The first kappa shape index (κ1) is 105. The third-order valence-electron chi connectivity index (χ3n) is 21.0. The summed E-state index contributed by atoms with van der Waals surface area (Å²) in [6, 6.07) is 0. The highest BCUT2D eigenvalue weighted by Crippen LogP contribution is 2.45. The van der Waals surface area contributed by atoms with Crippen LogP contribution in [0.3, 0.4) is 0 Å². The van der Waals surface area contributed by atoms with Crippen molar-refractivity contribution in [1.82, 2.24) is 0 Å². The van der Waals surface area contributed by atoms with E-state index in [1.807, 2.05) is 0 Å². The zero-order valence-electron chi connectivity index (χ0n) is 70.6. The summed E-state index contributed by atoms with van der Waals surface area (Å²) in [5, 5.41) is 10.7. The Hall–Kier alpha value is -1.94. The lowest BCUT2D eigenvalue weighted by Crippen LogP contribution is -2.30. The maximum atomic E-state index is 13.2. The number of hydrogen-bond acceptors (Lipinski definition) is 15. The minimum Gasteiger partial charge on any atom is -0.462 e. The van der Waals surface area contributed by atoms with Gasteiger partial charge >= 0.3 is 39.5 Å². The van der Waals surface area contributed by atoms with Crippen LogP contribution in [0.5, 0.6) is 0 Å². The summed E-state index contributed by atoms with van der Waals surface area (Å²) in [6.07, 6.45) is 69.4. The number of unbranched alkanes of at least 4 members (excludes halogenated alkanes) is 53. The van der Waals surface area contributed by atoms with Gasteiger partial charge in [0.25, 0.3) is 0 Å². The third kappa shape index (κ3) is 80.5. The Bertz CT molecular complexity index is 2060. The molecule has 0 heterocycles. The van der Waals surface area contributed by atoms with E-state index in [1.54, 1.807) is 0 Å². The number of hydrogen-bond donors (Lipinski definition) is 3. The quantitative estimate of drug-likeness (QED) is 0.0222. The summed E-state index contributed by atoms with van der Waals surface area (Å²) in [6.45, 7) is 12.0. The second-order valence-electron chi connectivity index (χ2n) is 32.8. The number of phosphoric ester groups is 2. The molecule has 6 atom stereocenters. The molecule has 0 saturated heterocycles. The highest BCUT2D eigenvalue weighted by atomic mass is 31.2. The smallest absolute Gasteiger partial charge is 0.462 e. The van der Waals surface area contributed by atoms with Gasteiger partial charge in [0.2, 0.25) is 0 Å². The van der Waals surface area contributed by atoms with Gasteiger partial charge in [0.1, 0.15) is 19.3 Å². The van der Waals surface area contributed by atoms with Crippen LogP contribution in [0.15, 0.2) is 0 Å². The number of esters is 4. The van der Waals surface area contributed by atoms with Crippen LogP contribution >= 0.6 is 15.6 Å². The molecular formula is C88H172O17P2. The Labute approximate surface area is 658 Å². The van der Waals surface area contributed by atoms with E-state index in [4.69, 9.17) is 37.0 Å². The van der Waals surface area contributed by atoms with Gasteiger partial charge in [-0.3, -0.25) is 37.3 Å². The van der Waals surface area contributed by atoms with Gasteiger partial charge in [-0.2, -0.15) is 0 Å². The molecule has 0 radical (unpaired) electrons. The van der Waals surface area contributed by atoms with E-state index in [2.05, 4.69) is 48.5 Å². The molecule has 0 aromatic rings. The Kier molecular flexibility index (Phi) is 76.6. The predicted molar refractivity (Wildman–Crippen MR) is 441 cm³/mol. The molecule has 107 heavy (non-hydrogen) atoms. The monoisotopic (exact) mass is 1560 g/mol. The van der Waals surface area contributed by atoms with Gasteiger partial charge in [0.15, 0.2) is 12.2 Å². The molecule has 0 rings (SSSR count). The van der Waals surface area contributed by atoms with Crippen LogP contribution in [0.4, 0.5) is 0 Å². The maximum absolute atomic E-state index is 13.2. The summed E-state index contributed by atoms with van der Waals surface area (Å²) in [5.41, 5.74) is 0. The summed E-state index contributed by atoms with van der Waals surface area (Å²) < 4.78 is 69.0. The van der Waals surface area contributed by atoms with E-state index >= 15 is 0 Å². The van der Waals surface area contributed by atoms with Gasteiger partial charge in [-0.1, -0.05) is 414 Å². The SMILES string of the molecule is CCCCCCCCCCCCCCCCCCCCCCC(=O)O[C@H](COC(=O)CCCCCCCCCCCCCCCCCC(C)C)COP(=O)(O)OC[C@@H](O)COP(=O)(O)OC[C@@H](COC(=O)CCCCCCCCCCC(C)CC)OC(=O)CCCCCCCCCCCCCCCCC(C)C. The minimum atomic E-state index is -4.97. The lowest BCUT2D eigenvalue weighted by molar-refractivity contribution is -0.161. The maximum Gasteiger partial charge on any atom is 0.472 e. The molecule has 0 bridgehead atoms. The van der Waals surface area contributed by atoms with Crippen LogP contribution in [-0.2, 0) is 65.4 Å². The van der Waals surface area contributed by atoms with E-state index in [0.717, 1.165) is 108 Å². The van der Waals surface area contributed by atoms with Gasteiger partial charge in [-0.25, -0.2) is 9.13 Å². The van der Waals surface area contributed by atoms with Crippen LogP contribution in [-0.4, -0.2) is 96.7 Å². The van der Waals surface area contributed by atoms with Crippen molar-refractivity contribution < 1.29 is 80.2 Å². The van der Waals surface area contributed by atoms with Crippen LogP contribution in [0.2, 0.25) is 0 Å². The standard InChI is InChI=1S/C88H172O17P2/c1-8-10-11-12-13-14-15-16-17-18-19-20-21-24-31-36-41-50-57-64-71-87(92)104-83(75-98-85(90)69-62-55-48-40-35-30-25-22-23-28-33-38-45-52-59-66-79(3)4)77-102-106(94,95)100-73-82(89)74-101-107(96,97)103-78-84(76-99-86(91)70-63-56-49-44-43-47-54-61-68-81(7)9-2)105-88(93)72-65-58-51-42-37-32-27-26-29-34-39-46-53-60-67-80(5)6/h79-84,89H,8-78H2,1-7H3,(H,94,95)(H,96,97)/t81?,82-,83-,84-/m1/s1. The van der Waals surface area contributed by atoms with E-state index < -0.39 is 97.5 Å². The topological polar surface area (TPSA) is 237 Å². The first-order chi connectivity index (χ1) is 51.8. The van der Waals surface area contributed by atoms with Crippen molar-refractivity contribution in [3.05, 3.63) is 0 Å². The van der Waals surface area contributed by atoms with Crippen molar-refractivity contribution in [1.29, 1.82) is 0 Å². The van der Waals surface area contributed by atoms with Crippen molar-refractivity contribution in [2.45, 2.75) is 484 Å². The van der Waals surface area contributed by atoms with Crippen molar-refractivity contribution in [3.63, 3.8) is 0 Å². The third-order valence-corrected chi connectivity index (χ3v) is 22.9. The molecule has 0 aromatic heterocycles. The Morgan fingerprint density at radius 1 is 0.271 bits per heavy atom. The van der Waals surface area contributed by atoms with Gasteiger partial charge in [0, 0.05) is 25.7 Å². The fourth-order valence-electron chi connectivity index (χ4n) is 13.7. The number of carbonyl (C=O) groups excluding carboxylic acids is 4. The summed E-state index contributed by atoms with van der Waals surface area (Å²) in [7, 11) is -9.93. The molecule has 0 aromatic carbocycles. The molecule has 0 fully saturated rings. The van der Waals surface area contributed by atoms with Crippen LogP contribution in [0.1, 0.15) is 466 Å². The van der Waals surface area contributed by atoms with Crippen molar-refractivity contribution >= 4 is 39.5 Å². The summed E-state index contributed by atoms with van der Waals surface area (Å²) in [5.74, 6) is 0.277. The molecule has 19 heteroatoms. The van der Waals surface area contributed by atoms with Crippen LogP contribution in [0.25, 0.3) is 0 Å². The molecule has 0 saturated carbocycles. The fourth-order valence-corrected chi connectivity index (χ4v) is 15.3. The number of aliphatic hydroxyl groups is 1. The number of phosphoric acid groups is 2. The predicted octanol–water partition coefficient (Wildman–Crippen LogP) is 26.9. The molecule has 0 spiro atoms. The van der Waals surface area contributed by atoms with Gasteiger partial charge in [-0.15, -0.1) is 0 Å². The molecule has 3 N–H and O–H groups in total. The Morgan fingerprint density at radius 2 is 0.477 bits per heavy atom. The molecule has 0 aliphatic rings. The lowest BCUT2D eigenvalue weighted by Gasteiger charge is -2.21. The normalized spacial score (nSPS) is 14.1. The molecular weight excluding hydrogens is 1390 g/mol. The number of rotatable bonds is 86. The second-order valence-corrected chi connectivity index (χ2v) is 35.7. The fraction of sp³-hybridized carbons (Fsp3) is 0.955. The van der Waals surface area contributed by atoms with E-state index in [0.29, 0.717) is 25.7 Å². The van der Waals surface area contributed by atoms with Crippen LogP contribution in [0, 0.1) is 17.8 Å². The minimum absolute atomic E-state index is 0.107. The number of ether oxygens (including phenoxy) is 4. The molecule has 3 unspecified atom stereocenters. The average molecular weight is 1560 g/mol. The summed E-state index contributed by atoms with van der Waals surface area (Å²) >= 11 is 0. The molecule has 17 nitrogen and oxygen atoms in total. The van der Waals surface area contributed by atoms with Crippen molar-refractivity contribution in [2.75, 3.05) is 39.6 Å². The molecule has 0 aliphatic heterocycles. The first-order valence-electron chi connectivity index (χ1n) is 45.4. The summed E-state index contributed by atoms with van der Waals surface area (Å²) in [4.78, 5) is 73.3. The van der Waals surface area contributed by atoms with Crippen LogP contribution < -0.4 is 0 Å². The number of aliphatic hydroxyl groups excluding tert-OH is 1. The number of carbonyl (C=O) groups is 4. The van der Waals surface area contributed by atoms with Gasteiger partial charge < -0.3 is 33.8 Å². The van der Waals surface area contributed by atoms with Gasteiger partial charge in [-0.05, 0) is 43.4 Å². The van der Waals surface area contributed by atoms with Gasteiger partial charge in [0.05, 0.1) is 26.4 Å². The van der Waals surface area contributed by atoms with Crippen molar-refractivity contribution in [3.8, 4) is 0 Å². The van der Waals surface area contributed by atoms with E-state index in [-0.39, 0.29) is 25.7 Å². The van der Waals surface area contributed by atoms with E-state index in [9.17, 15) is 43.2 Å². The highest BCUT2D eigenvalue weighted by Gasteiger charge is 2.31.